The summed E-state index contributed by atoms with van der Waals surface area (Å²) in [6.45, 7) is 7.43. The Morgan fingerprint density at radius 3 is 2.65 bits per heavy atom. The van der Waals surface area contributed by atoms with Crippen LogP contribution in [0.5, 0.6) is 0 Å². The van der Waals surface area contributed by atoms with Crippen molar-refractivity contribution in [2.45, 2.75) is 26.8 Å². The molecule has 1 amide bonds. The van der Waals surface area contributed by atoms with Crippen molar-refractivity contribution in [3.05, 3.63) is 35.2 Å². The molecular formula is C16H22N2OS. The first-order valence-electron chi connectivity index (χ1n) is 7.07. The third-order valence-corrected chi connectivity index (χ3v) is 4.57. The molecule has 1 aromatic carbocycles. The summed E-state index contributed by atoms with van der Waals surface area (Å²) in [6, 6.07) is 11.0. The summed E-state index contributed by atoms with van der Waals surface area (Å²) in [4.78, 5) is 12.8. The topological polar surface area (TPSA) is 41.1 Å². The summed E-state index contributed by atoms with van der Waals surface area (Å²) in [6.07, 6.45) is 0. The molecule has 0 saturated carbocycles. The summed E-state index contributed by atoms with van der Waals surface area (Å²) >= 11 is 1.82. The van der Waals surface area contributed by atoms with Gasteiger partial charge in [0.25, 0.3) is 0 Å². The van der Waals surface area contributed by atoms with E-state index in [0.29, 0.717) is 12.6 Å². The lowest BCUT2D eigenvalue weighted by Crippen LogP contribution is -2.34. The van der Waals surface area contributed by atoms with Crippen LogP contribution in [0.15, 0.2) is 30.3 Å². The zero-order valence-corrected chi connectivity index (χ0v) is 13.1. The maximum atomic E-state index is 11.4. The van der Waals surface area contributed by atoms with Crippen molar-refractivity contribution in [3.8, 4) is 0 Å². The largest absolute Gasteiger partial charge is 0.355 e. The van der Waals surface area contributed by atoms with Gasteiger partial charge in [0.2, 0.25) is 5.91 Å². The highest BCUT2D eigenvalue weighted by atomic mass is 32.1. The van der Waals surface area contributed by atoms with Gasteiger partial charge in [-0.05, 0) is 24.4 Å². The van der Waals surface area contributed by atoms with Gasteiger partial charge in [0.05, 0.1) is 0 Å². The van der Waals surface area contributed by atoms with E-state index in [1.165, 1.54) is 15.0 Å². The van der Waals surface area contributed by atoms with Crippen molar-refractivity contribution in [3.63, 3.8) is 0 Å². The van der Waals surface area contributed by atoms with Crippen LogP contribution in [0.1, 0.15) is 31.7 Å². The number of nitrogens with one attached hydrogen (secondary N) is 2. The van der Waals surface area contributed by atoms with Gasteiger partial charge in [-0.15, -0.1) is 11.3 Å². The molecule has 108 valence electrons. The number of amides is 1. The second-order valence-corrected chi connectivity index (χ2v) is 6.42. The van der Waals surface area contributed by atoms with E-state index in [9.17, 15) is 4.79 Å². The molecular weight excluding hydrogens is 268 g/mol. The molecule has 0 fully saturated rings. The molecule has 1 aromatic heterocycles. The van der Waals surface area contributed by atoms with E-state index in [1.807, 2.05) is 25.2 Å². The third-order valence-electron chi connectivity index (χ3n) is 3.27. The highest BCUT2D eigenvalue weighted by molar-refractivity contribution is 7.19. The lowest BCUT2D eigenvalue weighted by Gasteiger charge is -2.13. The van der Waals surface area contributed by atoms with Crippen LogP contribution in [0.4, 0.5) is 0 Å². The van der Waals surface area contributed by atoms with Gasteiger partial charge in [-0.2, -0.15) is 0 Å². The molecule has 0 radical (unpaired) electrons. The first-order chi connectivity index (χ1) is 9.58. The zero-order chi connectivity index (χ0) is 14.5. The Kier molecular flexibility index (Phi) is 5.15. The number of fused-ring (bicyclic) bond motifs is 1. The summed E-state index contributed by atoms with van der Waals surface area (Å²) < 4.78 is 1.32. The molecule has 0 bridgehead atoms. The molecule has 4 heteroatoms. The van der Waals surface area contributed by atoms with Crippen molar-refractivity contribution in [1.82, 2.24) is 10.6 Å². The van der Waals surface area contributed by atoms with Crippen molar-refractivity contribution in [2.24, 2.45) is 5.92 Å². The molecule has 2 N–H and O–H groups in total. The first-order valence-corrected chi connectivity index (χ1v) is 7.89. The lowest BCUT2D eigenvalue weighted by atomic mass is 10.2. The smallest absolute Gasteiger partial charge is 0.222 e. The molecule has 1 unspecified atom stereocenters. The minimum absolute atomic E-state index is 0.0509. The number of hydrogen-bond acceptors (Lipinski definition) is 3. The maximum Gasteiger partial charge on any atom is 0.222 e. The van der Waals surface area contributed by atoms with Crippen molar-refractivity contribution in [2.75, 3.05) is 13.1 Å². The van der Waals surface area contributed by atoms with E-state index in [2.05, 4.69) is 47.9 Å². The molecule has 0 spiro atoms. The fraction of sp³-hybridized carbons (Fsp3) is 0.438. The Morgan fingerprint density at radius 1 is 1.20 bits per heavy atom. The van der Waals surface area contributed by atoms with E-state index in [0.717, 1.165) is 6.54 Å². The molecule has 0 aliphatic heterocycles. The second kappa shape index (κ2) is 6.86. The zero-order valence-electron chi connectivity index (χ0n) is 12.3. The van der Waals surface area contributed by atoms with Crippen LogP contribution in [0.25, 0.3) is 10.1 Å². The van der Waals surface area contributed by atoms with Crippen LogP contribution in [0.2, 0.25) is 0 Å². The van der Waals surface area contributed by atoms with Crippen LogP contribution in [0.3, 0.4) is 0 Å². The van der Waals surface area contributed by atoms with E-state index < -0.39 is 0 Å². The highest BCUT2D eigenvalue weighted by Crippen LogP contribution is 2.29. The Bertz CT molecular complexity index is 544. The van der Waals surface area contributed by atoms with Crippen LogP contribution in [-0.4, -0.2) is 19.0 Å². The average molecular weight is 290 g/mol. The summed E-state index contributed by atoms with van der Waals surface area (Å²) in [7, 11) is 0. The molecule has 2 aromatic rings. The molecule has 1 heterocycles. The van der Waals surface area contributed by atoms with Gasteiger partial charge in [0.1, 0.15) is 0 Å². The summed E-state index contributed by atoms with van der Waals surface area (Å²) in [5.74, 6) is 0.163. The third kappa shape index (κ3) is 3.81. The molecule has 0 aliphatic carbocycles. The highest BCUT2D eigenvalue weighted by Gasteiger charge is 2.09. The normalized spacial score (nSPS) is 12.8. The number of carbonyl (C=O) groups excluding carboxylic acids is 1. The monoisotopic (exact) mass is 290 g/mol. The van der Waals surface area contributed by atoms with Crippen molar-refractivity contribution in [1.29, 1.82) is 0 Å². The van der Waals surface area contributed by atoms with Crippen LogP contribution in [0, 0.1) is 5.92 Å². The van der Waals surface area contributed by atoms with Crippen LogP contribution >= 0.6 is 11.3 Å². The van der Waals surface area contributed by atoms with E-state index in [1.54, 1.807) is 0 Å². The average Bonchev–Trinajstić information content (AvgIpc) is 2.86. The fourth-order valence-electron chi connectivity index (χ4n) is 1.99. The number of carbonyl (C=O) groups is 1. The molecule has 0 aliphatic rings. The summed E-state index contributed by atoms with van der Waals surface area (Å²) in [5.41, 5.74) is 0. The first kappa shape index (κ1) is 15.0. The molecule has 1 atom stereocenters. The predicted octanol–water partition coefficient (Wildman–Crippen LogP) is 3.32. The molecule has 3 nitrogen and oxygen atoms in total. The SMILES string of the molecule is CC(C)C(=O)NCCNC(C)c1cc2ccccc2s1. The number of rotatable bonds is 6. The van der Waals surface area contributed by atoms with Gasteiger partial charge in [-0.25, -0.2) is 0 Å². The van der Waals surface area contributed by atoms with Crippen LogP contribution < -0.4 is 10.6 Å². The minimum Gasteiger partial charge on any atom is -0.355 e. The van der Waals surface area contributed by atoms with Gasteiger partial charge < -0.3 is 10.6 Å². The molecule has 0 saturated heterocycles. The minimum atomic E-state index is 0.0509. The summed E-state index contributed by atoms with van der Waals surface area (Å²) in [5, 5.41) is 7.67. The maximum absolute atomic E-state index is 11.4. The van der Waals surface area contributed by atoms with Crippen LogP contribution in [-0.2, 0) is 4.79 Å². The Balaban J connectivity index is 1.83. The lowest BCUT2D eigenvalue weighted by molar-refractivity contribution is -0.123. The standard InChI is InChI=1S/C16H22N2OS/c1-11(2)16(19)18-9-8-17-12(3)15-10-13-6-4-5-7-14(13)20-15/h4-7,10-12,17H,8-9H2,1-3H3,(H,18,19). The Hall–Kier alpha value is -1.39. The Labute approximate surface area is 124 Å². The van der Waals surface area contributed by atoms with Gasteiger partial charge in [0, 0.05) is 34.6 Å². The van der Waals surface area contributed by atoms with Crippen molar-refractivity contribution >= 4 is 27.3 Å². The number of hydrogen-bond donors (Lipinski definition) is 2. The van der Waals surface area contributed by atoms with Gasteiger partial charge >= 0.3 is 0 Å². The number of benzene rings is 1. The predicted molar refractivity (Wildman–Crippen MR) is 86.1 cm³/mol. The van der Waals surface area contributed by atoms with E-state index >= 15 is 0 Å². The fourth-order valence-corrected chi connectivity index (χ4v) is 3.09. The van der Waals surface area contributed by atoms with Gasteiger partial charge in [-0.1, -0.05) is 32.0 Å². The van der Waals surface area contributed by atoms with E-state index in [-0.39, 0.29) is 11.8 Å². The van der Waals surface area contributed by atoms with E-state index in [4.69, 9.17) is 0 Å². The second-order valence-electron chi connectivity index (χ2n) is 5.31. The molecule has 20 heavy (non-hydrogen) atoms. The van der Waals surface area contributed by atoms with Crippen molar-refractivity contribution < 1.29 is 4.79 Å². The Morgan fingerprint density at radius 2 is 1.95 bits per heavy atom. The van der Waals surface area contributed by atoms with Gasteiger partial charge in [0.15, 0.2) is 0 Å². The number of thiophene rings is 1. The molecule has 2 rings (SSSR count). The quantitative estimate of drug-likeness (QED) is 0.801. The van der Waals surface area contributed by atoms with Gasteiger partial charge in [-0.3, -0.25) is 4.79 Å².